The lowest BCUT2D eigenvalue weighted by Gasteiger charge is -2.45. The third kappa shape index (κ3) is 7.80. The number of carboxylic acid groups (broad SMARTS) is 1. The van der Waals surface area contributed by atoms with Gasteiger partial charge in [0, 0.05) is 28.8 Å². The first-order valence-electron chi connectivity index (χ1n) is 16.4. The molecule has 272 valence electrons. The van der Waals surface area contributed by atoms with Crippen LogP contribution in [0.2, 0.25) is 0 Å². The minimum atomic E-state index is -1.76. The third-order valence-electron chi connectivity index (χ3n) is 9.29. The number of nitrogens with zero attached hydrogens (tertiary/aromatic N) is 5. The van der Waals surface area contributed by atoms with Gasteiger partial charge >= 0.3 is 5.97 Å². The van der Waals surface area contributed by atoms with E-state index < -0.39 is 69.9 Å². The third-order valence-corrected chi connectivity index (χ3v) is 10.8. The van der Waals surface area contributed by atoms with Crippen LogP contribution in [-0.2, 0) is 26.2 Å². The van der Waals surface area contributed by atoms with E-state index >= 15 is 4.39 Å². The van der Waals surface area contributed by atoms with E-state index in [1.165, 1.54) is 65.5 Å². The van der Waals surface area contributed by atoms with Crippen molar-refractivity contribution in [2.24, 2.45) is 5.92 Å². The van der Waals surface area contributed by atoms with E-state index in [9.17, 15) is 28.3 Å². The van der Waals surface area contributed by atoms with Crippen LogP contribution in [0.25, 0.3) is 6.08 Å². The molecule has 4 aromatic rings. The van der Waals surface area contributed by atoms with Gasteiger partial charge in [0.25, 0.3) is 11.8 Å². The number of halogens is 3. The topological polar surface area (TPSA) is 148 Å². The highest BCUT2D eigenvalue weighted by molar-refractivity contribution is 8.00. The number of imide groups is 1. The second kappa shape index (κ2) is 16.0. The summed E-state index contributed by atoms with van der Waals surface area (Å²) in [5, 5.41) is 22.8. The Morgan fingerprint density at radius 2 is 1.77 bits per heavy atom. The normalized spacial score (nSPS) is 19.6. The quantitative estimate of drug-likeness (QED) is 0.135. The summed E-state index contributed by atoms with van der Waals surface area (Å²) in [5.74, 6) is -6.84. The molecule has 2 amide bonds. The first kappa shape index (κ1) is 37.2. The molecule has 1 fully saturated rings. The van der Waals surface area contributed by atoms with Gasteiger partial charge in [-0.05, 0) is 42.0 Å². The lowest BCUT2D eigenvalue weighted by molar-refractivity contribution is -0.146. The molecule has 1 unspecified atom stereocenters. The van der Waals surface area contributed by atoms with Gasteiger partial charge in [-0.1, -0.05) is 49.4 Å². The van der Waals surface area contributed by atoms with Crippen LogP contribution >= 0.6 is 11.8 Å². The lowest BCUT2D eigenvalue weighted by Crippen LogP contribution is -2.55. The summed E-state index contributed by atoms with van der Waals surface area (Å²) in [6.45, 7) is 1.08. The lowest BCUT2D eigenvalue weighted by atomic mass is 9.67. The number of ether oxygens (including phenoxy) is 2. The average Bonchev–Trinajstić information content (AvgIpc) is 3.74. The highest BCUT2D eigenvalue weighted by Gasteiger charge is 2.54. The molecule has 1 aromatic heterocycles. The number of aliphatic carboxylic acids is 1. The van der Waals surface area contributed by atoms with Crippen LogP contribution in [0, 0.1) is 34.7 Å². The van der Waals surface area contributed by atoms with Crippen molar-refractivity contribution in [1.82, 2.24) is 19.7 Å². The highest BCUT2D eigenvalue weighted by atomic mass is 32.2. The maximum atomic E-state index is 16.1. The Bertz CT molecular complexity index is 2080. The molecule has 1 saturated heterocycles. The van der Waals surface area contributed by atoms with E-state index in [1.54, 1.807) is 37.3 Å². The van der Waals surface area contributed by atoms with Crippen molar-refractivity contribution in [3.05, 3.63) is 137 Å². The van der Waals surface area contributed by atoms with Crippen molar-refractivity contribution >= 4 is 35.6 Å². The van der Waals surface area contributed by atoms with Gasteiger partial charge in [0.05, 0.1) is 53.7 Å². The molecule has 3 aromatic carbocycles. The Hall–Kier alpha value is -5.56. The second-order valence-electron chi connectivity index (χ2n) is 12.4. The Kier molecular flexibility index (Phi) is 11.2. The maximum Gasteiger partial charge on any atom is 0.309 e. The predicted molar refractivity (Wildman–Crippen MR) is 187 cm³/mol. The van der Waals surface area contributed by atoms with Gasteiger partial charge in [-0.25, -0.2) is 18.2 Å². The molecule has 0 aliphatic carbocycles. The summed E-state index contributed by atoms with van der Waals surface area (Å²) < 4.78 is 57.7. The summed E-state index contributed by atoms with van der Waals surface area (Å²) in [4.78, 5) is 45.2. The number of rotatable bonds is 13. The number of carboxylic acids is 1. The SMILES string of the molecule is C[C@@H](S[C@H]1CO[C@H](C=CC=Cc2ccc(C#N)cc2F)OC1)[C@@](Cn1cncn1)(c1ccc(F)cc1F)C(CN1C(=O)c2ccccc2C1=O)C(=O)O. The zero-order valence-corrected chi connectivity index (χ0v) is 29.0. The molecule has 0 saturated carbocycles. The zero-order valence-electron chi connectivity index (χ0n) is 28.1. The first-order valence-corrected chi connectivity index (χ1v) is 17.3. The van der Waals surface area contributed by atoms with E-state index in [-0.39, 0.29) is 42.0 Å². The Labute approximate surface area is 306 Å². The molecule has 1 N–H and O–H groups in total. The van der Waals surface area contributed by atoms with Crippen molar-refractivity contribution in [2.75, 3.05) is 19.8 Å². The fourth-order valence-electron chi connectivity index (χ4n) is 6.66. The number of hydrogen-bond acceptors (Lipinski definition) is 9. The van der Waals surface area contributed by atoms with Gasteiger partial charge in [0.15, 0.2) is 6.29 Å². The summed E-state index contributed by atoms with van der Waals surface area (Å²) in [6, 6.07) is 15.0. The van der Waals surface area contributed by atoms with Crippen molar-refractivity contribution in [1.29, 1.82) is 5.26 Å². The smallest absolute Gasteiger partial charge is 0.309 e. The molecule has 15 heteroatoms. The van der Waals surface area contributed by atoms with Crippen molar-refractivity contribution in [2.45, 2.75) is 35.7 Å². The van der Waals surface area contributed by atoms with Gasteiger partial charge in [0.1, 0.15) is 30.1 Å². The van der Waals surface area contributed by atoms with Crippen molar-refractivity contribution in [3.63, 3.8) is 0 Å². The molecule has 6 rings (SSSR count). The molecule has 3 atom stereocenters. The van der Waals surface area contributed by atoms with Crippen LogP contribution in [0.5, 0.6) is 0 Å². The van der Waals surface area contributed by atoms with Crippen LogP contribution < -0.4 is 0 Å². The Morgan fingerprint density at radius 3 is 2.38 bits per heavy atom. The number of aromatic nitrogens is 3. The number of carbonyl (C=O) groups is 3. The fourth-order valence-corrected chi connectivity index (χ4v) is 8.16. The van der Waals surface area contributed by atoms with E-state index in [2.05, 4.69) is 10.1 Å². The van der Waals surface area contributed by atoms with E-state index in [0.29, 0.717) is 11.6 Å². The number of hydrogen-bond donors (Lipinski definition) is 1. The molecule has 3 heterocycles. The minimum Gasteiger partial charge on any atom is -0.481 e. The zero-order chi connectivity index (χ0) is 37.7. The molecule has 0 radical (unpaired) electrons. The van der Waals surface area contributed by atoms with E-state index in [4.69, 9.17) is 14.7 Å². The minimum absolute atomic E-state index is 0.121. The van der Waals surface area contributed by atoms with Crippen LogP contribution in [-0.4, -0.2) is 79.1 Å². The molecular formula is C38H32F3N5O6S. The number of benzene rings is 3. The average molecular weight is 744 g/mol. The number of allylic oxidation sites excluding steroid dienone is 2. The van der Waals surface area contributed by atoms with Gasteiger partial charge in [-0.2, -0.15) is 10.4 Å². The van der Waals surface area contributed by atoms with Crippen molar-refractivity contribution < 1.29 is 42.1 Å². The Morgan fingerprint density at radius 1 is 1.06 bits per heavy atom. The monoisotopic (exact) mass is 743 g/mol. The largest absolute Gasteiger partial charge is 0.481 e. The number of amides is 2. The highest BCUT2D eigenvalue weighted by Crippen LogP contribution is 2.47. The molecule has 53 heavy (non-hydrogen) atoms. The standard InChI is InChI=1S/C38H32F3N5O6S/c1-23(53-27-18-51-34(52-19-27)9-5-2-6-25-11-10-24(16-42)14-32(25)40)38(20-45-22-43-21-44-45,30-13-12-26(39)15-33(30)41)31(37(49)50)17-46-35(47)28-7-3-4-8-29(28)36(46)48/h2-15,21-23,27,31,34H,17-20H2,1H3,(H,49,50)/t23-,27-,31?,34-,38+/m1/s1. The van der Waals surface area contributed by atoms with E-state index in [0.717, 1.165) is 17.0 Å². The number of thioether (sulfide) groups is 1. The van der Waals surface area contributed by atoms with Crippen LogP contribution in [0.1, 0.15) is 44.3 Å². The van der Waals surface area contributed by atoms with Crippen LogP contribution in [0.15, 0.2) is 91.5 Å². The summed E-state index contributed by atoms with van der Waals surface area (Å²) >= 11 is 1.26. The second-order valence-corrected chi connectivity index (χ2v) is 14.1. The van der Waals surface area contributed by atoms with Gasteiger partial charge in [-0.3, -0.25) is 24.0 Å². The van der Waals surface area contributed by atoms with E-state index in [1.807, 2.05) is 6.07 Å². The summed E-state index contributed by atoms with van der Waals surface area (Å²) in [5.41, 5.74) is -1.17. The van der Waals surface area contributed by atoms with Gasteiger partial charge in [0.2, 0.25) is 0 Å². The number of nitriles is 1. The first-order chi connectivity index (χ1) is 25.5. The maximum absolute atomic E-state index is 16.1. The predicted octanol–water partition coefficient (Wildman–Crippen LogP) is 5.63. The van der Waals surface area contributed by atoms with Crippen molar-refractivity contribution in [3.8, 4) is 6.07 Å². The van der Waals surface area contributed by atoms with Gasteiger partial charge in [-0.15, -0.1) is 11.8 Å². The number of carbonyl (C=O) groups excluding carboxylic acids is 2. The van der Waals surface area contributed by atoms with Crippen LogP contribution in [0.3, 0.4) is 0 Å². The molecule has 2 aliphatic rings. The van der Waals surface area contributed by atoms with Crippen LogP contribution in [0.4, 0.5) is 13.2 Å². The molecule has 0 bridgehead atoms. The fraction of sp³-hybridized carbons (Fsp3) is 0.263. The summed E-state index contributed by atoms with van der Waals surface area (Å²) in [6.07, 6.45) is 8.17. The molecule has 2 aliphatic heterocycles. The van der Waals surface area contributed by atoms with Gasteiger partial charge < -0.3 is 14.6 Å². The molecule has 0 spiro atoms. The summed E-state index contributed by atoms with van der Waals surface area (Å²) in [7, 11) is 0. The number of fused-ring (bicyclic) bond motifs is 1. The molecular weight excluding hydrogens is 712 g/mol. The Balaban J connectivity index is 1.27. The molecule has 11 nitrogen and oxygen atoms in total.